The van der Waals surface area contributed by atoms with E-state index < -0.39 is 13.0 Å². The van der Waals surface area contributed by atoms with E-state index in [9.17, 15) is 8.78 Å². The molecule has 0 amide bonds. The molecule has 3 nitrogen and oxygen atoms in total. The number of aromatic nitrogens is 1. The molecule has 2 rings (SSSR count). The first kappa shape index (κ1) is 11.3. The lowest BCUT2D eigenvalue weighted by molar-refractivity contribution is 0.0795. The van der Waals surface area contributed by atoms with Crippen molar-refractivity contribution in [3.05, 3.63) is 23.4 Å². The number of alkyl halides is 2. The number of hydrogen-bond acceptors (Lipinski definition) is 3. The molecule has 0 saturated heterocycles. The summed E-state index contributed by atoms with van der Waals surface area (Å²) in [5.41, 5.74) is 1.73. The summed E-state index contributed by atoms with van der Waals surface area (Å²) < 4.78 is 28.7. The Kier molecular flexibility index (Phi) is 3.33. The first-order valence-electron chi connectivity index (χ1n) is 5.21. The number of ether oxygens (including phenoxy) is 1. The van der Waals surface area contributed by atoms with Crippen LogP contribution in [0.15, 0.2) is 12.3 Å². The highest BCUT2D eigenvalue weighted by Gasteiger charge is 2.26. The fraction of sp³-hybridized carbons (Fsp3) is 0.545. The molecule has 0 radical (unpaired) electrons. The van der Waals surface area contributed by atoms with Crippen LogP contribution in [0.1, 0.15) is 29.9 Å². The van der Waals surface area contributed by atoms with Crippen LogP contribution < -0.4 is 4.74 Å². The van der Waals surface area contributed by atoms with Crippen LogP contribution in [0.25, 0.3) is 0 Å². The van der Waals surface area contributed by atoms with Gasteiger partial charge in [-0.05, 0) is 29.9 Å². The molecule has 1 saturated carbocycles. The first-order chi connectivity index (χ1) is 7.70. The van der Waals surface area contributed by atoms with Crippen molar-refractivity contribution >= 4 is 0 Å². The highest BCUT2D eigenvalue weighted by Crippen LogP contribution is 2.42. The van der Waals surface area contributed by atoms with Gasteiger partial charge in [0.05, 0.1) is 6.61 Å². The summed E-state index contributed by atoms with van der Waals surface area (Å²) in [6, 6.07) is 1.66. The van der Waals surface area contributed by atoms with E-state index in [0.29, 0.717) is 5.92 Å². The molecule has 1 aliphatic rings. The fourth-order valence-corrected chi connectivity index (χ4v) is 1.61. The Balaban J connectivity index is 2.11. The molecule has 1 aromatic heterocycles. The second kappa shape index (κ2) is 4.74. The molecule has 1 aliphatic carbocycles. The van der Waals surface area contributed by atoms with Crippen LogP contribution in [0.2, 0.25) is 0 Å². The van der Waals surface area contributed by atoms with Gasteiger partial charge in [-0.1, -0.05) is 0 Å². The first-order valence-corrected chi connectivity index (χ1v) is 5.21. The van der Waals surface area contributed by atoms with Crippen molar-refractivity contribution in [1.29, 1.82) is 0 Å². The molecule has 1 aromatic rings. The third-order valence-corrected chi connectivity index (χ3v) is 2.54. The van der Waals surface area contributed by atoms with Crippen molar-refractivity contribution < 1.29 is 18.6 Å². The maximum Gasteiger partial charge on any atom is 0.272 e. The van der Waals surface area contributed by atoms with Crippen LogP contribution in [0.4, 0.5) is 8.78 Å². The molecular weight excluding hydrogens is 216 g/mol. The van der Waals surface area contributed by atoms with E-state index in [1.807, 2.05) is 0 Å². The number of nitrogens with zero attached hydrogens (tertiary/aromatic N) is 1. The predicted molar refractivity (Wildman–Crippen MR) is 53.6 cm³/mol. The van der Waals surface area contributed by atoms with Crippen LogP contribution >= 0.6 is 0 Å². The second-order valence-electron chi connectivity index (χ2n) is 3.86. The fourth-order valence-electron chi connectivity index (χ4n) is 1.61. The quantitative estimate of drug-likeness (QED) is 0.840. The molecule has 1 N–H and O–H groups in total. The molecule has 1 heterocycles. The highest BCUT2D eigenvalue weighted by molar-refractivity contribution is 5.34. The topological polar surface area (TPSA) is 42.4 Å². The largest absolute Gasteiger partial charge is 0.472 e. The van der Waals surface area contributed by atoms with Gasteiger partial charge >= 0.3 is 0 Å². The maximum atomic E-state index is 11.9. The van der Waals surface area contributed by atoms with Crippen LogP contribution in [0.5, 0.6) is 5.88 Å². The van der Waals surface area contributed by atoms with Crippen molar-refractivity contribution in [2.45, 2.75) is 31.8 Å². The van der Waals surface area contributed by atoms with E-state index in [1.165, 1.54) is 6.20 Å². The lowest BCUT2D eigenvalue weighted by Gasteiger charge is -2.09. The minimum absolute atomic E-state index is 0.0754. The van der Waals surface area contributed by atoms with Gasteiger partial charge < -0.3 is 9.84 Å². The Bertz CT molecular complexity index is 367. The van der Waals surface area contributed by atoms with Gasteiger partial charge in [0.15, 0.2) is 6.61 Å². The molecule has 5 heteroatoms. The number of rotatable bonds is 5. The van der Waals surface area contributed by atoms with Gasteiger partial charge in [-0.2, -0.15) is 0 Å². The molecule has 0 aromatic carbocycles. The molecule has 0 aliphatic heterocycles. The minimum Gasteiger partial charge on any atom is -0.472 e. The molecule has 0 unspecified atom stereocenters. The van der Waals surface area contributed by atoms with Crippen LogP contribution in [0.3, 0.4) is 0 Å². The predicted octanol–water partition coefficient (Wildman–Crippen LogP) is 2.10. The number of aliphatic hydroxyl groups is 1. The zero-order valence-electron chi connectivity index (χ0n) is 8.70. The average Bonchev–Trinajstić information content (AvgIpc) is 3.09. The molecular formula is C11H13F2NO2. The van der Waals surface area contributed by atoms with Crippen LogP contribution in [0, 0.1) is 0 Å². The SMILES string of the molecule is OCc1cnc(OCC(F)F)cc1C1CC1. The summed E-state index contributed by atoms with van der Waals surface area (Å²) in [5.74, 6) is 0.637. The van der Waals surface area contributed by atoms with Gasteiger partial charge in [-0.3, -0.25) is 0 Å². The summed E-state index contributed by atoms with van der Waals surface area (Å²) in [6.45, 7) is -0.719. The lowest BCUT2D eigenvalue weighted by Crippen LogP contribution is -2.08. The molecule has 0 bridgehead atoms. The van der Waals surface area contributed by atoms with Crippen LogP contribution in [-0.4, -0.2) is 23.1 Å². The van der Waals surface area contributed by atoms with Gasteiger partial charge in [0, 0.05) is 12.3 Å². The third kappa shape index (κ3) is 2.66. The second-order valence-corrected chi connectivity index (χ2v) is 3.86. The van der Waals surface area contributed by atoms with Gasteiger partial charge in [0.1, 0.15) is 0 Å². The van der Waals surface area contributed by atoms with Crippen molar-refractivity contribution in [3.8, 4) is 5.88 Å². The van der Waals surface area contributed by atoms with E-state index in [1.54, 1.807) is 6.07 Å². The highest BCUT2D eigenvalue weighted by atomic mass is 19.3. The Labute approximate surface area is 92.1 Å². The van der Waals surface area contributed by atoms with Gasteiger partial charge in [-0.25, -0.2) is 13.8 Å². The zero-order chi connectivity index (χ0) is 11.5. The van der Waals surface area contributed by atoms with E-state index in [4.69, 9.17) is 9.84 Å². The number of pyridine rings is 1. The third-order valence-electron chi connectivity index (χ3n) is 2.54. The smallest absolute Gasteiger partial charge is 0.272 e. The number of hydrogen-bond donors (Lipinski definition) is 1. The normalized spacial score (nSPS) is 15.5. The Morgan fingerprint density at radius 3 is 2.81 bits per heavy atom. The summed E-state index contributed by atoms with van der Waals surface area (Å²) in [5, 5.41) is 9.10. The van der Waals surface area contributed by atoms with E-state index >= 15 is 0 Å². The van der Waals surface area contributed by atoms with Crippen molar-refractivity contribution in [2.24, 2.45) is 0 Å². The lowest BCUT2D eigenvalue weighted by atomic mass is 10.1. The summed E-state index contributed by atoms with van der Waals surface area (Å²) >= 11 is 0. The van der Waals surface area contributed by atoms with Gasteiger partial charge in [-0.15, -0.1) is 0 Å². The maximum absolute atomic E-state index is 11.9. The number of halogens is 2. The molecule has 0 atom stereocenters. The molecule has 1 fully saturated rings. The average molecular weight is 229 g/mol. The standard InChI is InChI=1S/C11H13F2NO2/c12-10(13)6-16-11-3-9(7-1-2-7)8(5-15)4-14-11/h3-4,7,10,15H,1-2,5-6H2. The summed E-state index contributed by atoms with van der Waals surface area (Å²) in [7, 11) is 0. The number of aliphatic hydroxyl groups excluding tert-OH is 1. The van der Waals surface area contributed by atoms with Gasteiger partial charge in [0.2, 0.25) is 5.88 Å². The monoisotopic (exact) mass is 229 g/mol. The van der Waals surface area contributed by atoms with Crippen LogP contribution in [-0.2, 0) is 6.61 Å². The molecule has 16 heavy (non-hydrogen) atoms. The van der Waals surface area contributed by atoms with E-state index in [0.717, 1.165) is 24.0 Å². The molecule has 88 valence electrons. The van der Waals surface area contributed by atoms with E-state index in [2.05, 4.69) is 4.98 Å². The Morgan fingerprint density at radius 1 is 1.50 bits per heavy atom. The zero-order valence-corrected chi connectivity index (χ0v) is 8.70. The van der Waals surface area contributed by atoms with Gasteiger partial charge in [0.25, 0.3) is 6.43 Å². The minimum atomic E-state index is -2.50. The van der Waals surface area contributed by atoms with Crippen molar-refractivity contribution in [3.63, 3.8) is 0 Å². The van der Waals surface area contributed by atoms with Crippen molar-refractivity contribution in [2.75, 3.05) is 6.61 Å². The van der Waals surface area contributed by atoms with E-state index in [-0.39, 0.29) is 12.5 Å². The Hall–Kier alpha value is -1.23. The summed E-state index contributed by atoms with van der Waals surface area (Å²) in [6.07, 6.45) is 1.15. The molecule has 0 spiro atoms. The Morgan fingerprint density at radius 2 is 2.25 bits per heavy atom. The summed E-state index contributed by atoms with van der Waals surface area (Å²) in [4.78, 5) is 3.88. The van der Waals surface area contributed by atoms with Crippen molar-refractivity contribution in [1.82, 2.24) is 4.98 Å².